The molecule has 176 valence electrons. The fourth-order valence-corrected chi connectivity index (χ4v) is 5.02. The molecule has 0 unspecified atom stereocenters. The molecule has 4 rings (SSSR count). The van der Waals surface area contributed by atoms with Crippen molar-refractivity contribution >= 4 is 17.5 Å². The van der Waals surface area contributed by atoms with E-state index in [2.05, 4.69) is 45.7 Å². The highest BCUT2D eigenvalue weighted by Gasteiger charge is 2.25. The number of anilines is 1. The summed E-state index contributed by atoms with van der Waals surface area (Å²) in [6, 6.07) is 16.8. The minimum absolute atomic E-state index is 0.0869. The Kier molecular flexibility index (Phi) is 8.00. The molecule has 2 heterocycles. The molecule has 1 fully saturated rings. The van der Waals surface area contributed by atoms with Crippen LogP contribution in [0.2, 0.25) is 0 Å². The number of amides is 2. The van der Waals surface area contributed by atoms with Crippen LogP contribution in [0.1, 0.15) is 48.4 Å². The van der Waals surface area contributed by atoms with Crippen LogP contribution in [0.5, 0.6) is 0 Å². The van der Waals surface area contributed by atoms with Crippen molar-refractivity contribution in [1.82, 2.24) is 15.5 Å². The number of likely N-dealkylation sites (tertiary alicyclic amines) is 1. The van der Waals surface area contributed by atoms with Gasteiger partial charge in [0.05, 0.1) is 6.04 Å². The van der Waals surface area contributed by atoms with E-state index in [9.17, 15) is 9.59 Å². The second-order valence-electron chi connectivity index (χ2n) is 9.23. The van der Waals surface area contributed by atoms with Crippen LogP contribution in [0.4, 0.5) is 5.69 Å². The van der Waals surface area contributed by atoms with E-state index in [0.717, 1.165) is 31.6 Å². The summed E-state index contributed by atoms with van der Waals surface area (Å²) >= 11 is 0. The third kappa shape index (κ3) is 6.14. The summed E-state index contributed by atoms with van der Waals surface area (Å²) in [7, 11) is 2.15. The lowest BCUT2D eigenvalue weighted by molar-refractivity contribution is -0.139. The topological polar surface area (TPSA) is 64.7 Å². The number of carbonyl (C=O) groups is 2. The Balaban J connectivity index is 1.37. The van der Waals surface area contributed by atoms with Gasteiger partial charge in [0.1, 0.15) is 0 Å². The Morgan fingerprint density at radius 1 is 0.909 bits per heavy atom. The van der Waals surface area contributed by atoms with Gasteiger partial charge >= 0.3 is 11.8 Å². The molecule has 0 radical (unpaired) electrons. The largest absolute Gasteiger partial charge is 0.374 e. The summed E-state index contributed by atoms with van der Waals surface area (Å²) in [6.45, 7) is 4.04. The Hall–Kier alpha value is -2.86. The highest BCUT2D eigenvalue weighted by molar-refractivity contribution is 6.35. The molecule has 2 aliphatic heterocycles. The molecule has 0 aliphatic carbocycles. The maximum atomic E-state index is 12.5. The van der Waals surface area contributed by atoms with Crippen molar-refractivity contribution < 1.29 is 9.59 Å². The Morgan fingerprint density at radius 2 is 1.67 bits per heavy atom. The van der Waals surface area contributed by atoms with E-state index in [-0.39, 0.29) is 6.04 Å². The number of nitrogens with one attached hydrogen (secondary N) is 2. The molecule has 2 aromatic rings. The van der Waals surface area contributed by atoms with Gasteiger partial charge in [0.2, 0.25) is 0 Å². The van der Waals surface area contributed by atoms with Gasteiger partial charge in [-0.2, -0.15) is 0 Å². The molecule has 0 saturated carbocycles. The third-order valence-electron chi connectivity index (χ3n) is 6.87. The van der Waals surface area contributed by atoms with Gasteiger partial charge in [-0.25, -0.2) is 0 Å². The van der Waals surface area contributed by atoms with Gasteiger partial charge < -0.3 is 15.5 Å². The first-order valence-electron chi connectivity index (χ1n) is 12.3. The zero-order valence-electron chi connectivity index (χ0n) is 19.7. The van der Waals surface area contributed by atoms with Gasteiger partial charge in [0.15, 0.2) is 0 Å². The predicted octanol–water partition coefficient (Wildman–Crippen LogP) is 3.07. The molecule has 0 bridgehead atoms. The number of aryl methyl sites for hydroxylation is 1. The number of benzene rings is 2. The SMILES string of the molecule is CN1CCCc2cc([C@H](CNC(=O)C(=O)NCCc3ccccc3)N3CCCCC3)ccc21. The molecule has 2 aliphatic rings. The van der Waals surface area contributed by atoms with Crippen LogP contribution in [0.15, 0.2) is 48.5 Å². The van der Waals surface area contributed by atoms with Gasteiger partial charge in [-0.15, -0.1) is 0 Å². The normalized spacial score (nSPS) is 17.2. The first kappa shape index (κ1) is 23.3. The summed E-state index contributed by atoms with van der Waals surface area (Å²) in [4.78, 5) is 29.7. The van der Waals surface area contributed by atoms with Crippen LogP contribution in [0, 0.1) is 0 Å². The average molecular weight is 449 g/mol. The van der Waals surface area contributed by atoms with E-state index in [0.29, 0.717) is 19.5 Å². The summed E-state index contributed by atoms with van der Waals surface area (Å²) in [6.07, 6.45) is 6.59. The smallest absolute Gasteiger partial charge is 0.309 e. The van der Waals surface area contributed by atoms with Crippen molar-refractivity contribution in [3.8, 4) is 0 Å². The lowest BCUT2D eigenvalue weighted by Crippen LogP contribution is -2.45. The van der Waals surface area contributed by atoms with E-state index in [4.69, 9.17) is 0 Å². The number of carbonyl (C=O) groups excluding carboxylic acids is 2. The zero-order valence-corrected chi connectivity index (χ0v) is 19.7. The van der Waals surface area contributed by atoms with Crippen LogP contribution < -0.4 is 15.5 Å². The third-order valence-corrected chi connectivity index (χ3v) is 6.87. The van der Waals surface area contributed by atoms with Gasteiger partial charge in [0.25, 0.3) is 0 Å². The Labute approximate surface area is 197 Å². The fourth-order valence-electron chi connectivity index (χ4n) is 5.02. The van der Waals surface area contributed by atoms with E-state index in [1.165, 1.54) is 42.5 Å². The van der Waals surface area contributed by atoms with Gasteiger partial charge in [-0.05, 0) is 68.0 Å². The van der Waals surface area contributed by atoms with Gasteiger partial charge in [-0.3, -0.25) is 14.5 Å². The first-order valence-corrected chi connectivity index (χ1v) is 12.3. The highest BCUT2D eigenvalue weighted by Crippen LogP contribution is 2.31. The van der Waals surface area contributed by atoms with Crippen molar-refractivity contribution in [2.75, 3.05) is 44.7 Å². The summed E-state index contributed by atoms with van der Waals surface area (Å²) < 4.78 is 0. The van der Waals surface area contributed by atoms with Crippen molar-refractivity contribution in [2.24, 2.45) is 0 Å². The van der Waals surface area contributed by atoms with Crippen LogP contribution in [-0.2, 0) is 22.4 Å². The van der Waals surface area contributed by atoms with Crippen LogP contribution in [0.25, 0.3) is 0 Å². The predicted molar refractivity (Wildman–Crippen MR) is 132 cm³/mol. The molecular formula is C27H36N4O2. The number of rotatable bonds is 7. The van der Waals surface area contributed by atoms with Crippen LogP contribution >= 0.6 is 0 Å². The lowest BCUT2D eigenvalue weighted by Gasteiger charge is -2.36. The quantitative estimate of drug-likeness (QED) is 0.639. The van der Waals surface area contributed by atoms with Crippen molar-refractivity contribution in [2.45, 2.75) is 44.6 Å². The Morgan fingerprint density at radius 3 is 2.45 bits per heavy atom. The Bertz CT molecular complexity index is 940. The maximum absolute atomic E-state index is 12.5. The second-order valence-corrected chi connectivity index (χ2v) is 9.23. The first-order chi connectivity index (χ1) is 16.1. The molecule has 2 aromatic carbocycles. The number of fused-ring (bicyclic) bond motifs is 1. The molecule has 33 heavy (non-hydrogen) atoms. The van der Waals surface area contributed by atoms with Gasteiger partial charge in [-0.1, -0.05) is 48.9 Å². The fraction of sp³-hybridized carbons (Fsp3) is 0.481. The monoisotopic (exact) mass is 448 g/mol. The average Bonchev–Trinajstić information content (AvgIpc) is 2.85. The molecule has 0 spiro atoms. The minimum Gasteiger partial charge on any atom is -0.374 e. The van der Waals surface area contributed by atoms with Crippen LogP contribution in [-0.4, -0.2) is 56.5 Å². The summed E-state index contributed by atoms with van der Waals surface area (Å²) in [5, 5.41) is 5.66. The standard InChI is InChI=1S/C27H36N4O2/c1-30-16-8-11-22-19-23(12-13-24(22)30)25(31-17-6-3-7-18-31)20-29-27(33)26(32)28-15-14-21-9-4-2-5-10-21/h2,4-5,9-10,12-13,19,25H,3,6-8,11,14-18,20H2,1H3,(H,28,32)(H,29,33)/t25-/m0/s1. The highest BCUT2D eigenvalue weighted by atomic mass is 16.2. The second kappa shape index (κ2) is 11.3. The molecular weight excluding hydrogens is 412 g/mol. The summed E-state index contributed by atoms with van der Waals surface area (Å²) in [5.74, 6) is -1.11. The van der Waals surface area contributed by atoms with E-state index in [1.54, 1.807) is 0 Å². The maximum Gasteiger partial charge on any atom is 0.309 e. The van der Waals surface area contributed by atoms with Crippen LogP contribution in [0.3, 0.4) is 0 Å². The van der Waals surface area contributed by atoms with Crippen molar-refractivity contribution in [1.29, 1.82) is 0 Å². The number of nitrogens with zero attached hydrogens (tertiary/aromatic N) is 2. The molecule has 6 nitrogen and oxygen atoms in total. The molecule has 0 aromatic heterocycles. The van der Waals surface area contributed by atoms with Gasteiger partial charge in [0, 0.05) is 32.4 Å². The molecule has 1 atom stereocenters. The zero-order chi connectivity index (χ0) is 23.0. The van der Waals surface area contributed by atoms with Crippen molar-refractivity contribution in [3.05, 3.63) is 65.2 Å². The minimum atomic E-state index is -0.560. The lowest BCUT2D eigenvalue weighted by atomic mass is 9.95. The molecule has 6 heteroatoms. The molecule has 2 amide bonds. The molecule has 1 saturated heterocycles. The van der Waals surface area contributed by atoms with E-state index < -0.39 is 11.8 Å². The van der Waals surface area contributed by atoms with Crippen molar-refractivity contribution in [3.63, 3.8) is 0 Å². The van der Waals surface area contributed by atoms with E-state index >= 15 is 0 Å². The number of hydrogen-bond donors (Lipinski definition) is 2. The number of hydrogen-bond acceptors (Lipinski definition) is 4. The number of piperidine rings is 1. The summed E-state index contributed by atoms with van der Waals surface area (Å²) in [5.41, 5.74) is 5.06. The van der Waals surface area contributed by atoms with E-state index in [1.807, 2.05) is 30.3 Å². The molecule has 2 N–H and O–H groups in total.